The van der Waals surface area contributed by atoms with Gasteiger partial charge >= 0.3 is 0 Å². The van der Waals surface area contributed by atoms with Gasteiger partial charge in [0.05, 0.1) is 4.90 Å². The normalized spacial score (nSPS) is 12.0. The van der Waals surface area contributed by atoms with Crippen molar-refractivity contribution in [1.82, 2.24) is 4.72 Å². The monoisotopic (exact) mass is 337 g/mol. The fraction of sp³-hybridized carbons (Fsp3) is 0.235. The second-order valence-electron chi connectivity index (χ2n) is 5.30. The number of aryl methyl sites for hydroxylation is 3. The molecule has 2 aromatic carbocycles. The Labute approximate surface area is 136 Å². The molecule has 6 heteroatoms. The Morgan fingerprint density at radius 3 is 2.48 bits per heavy atom. The highest BCUT2D eigenvalue weighted by molar-refractivity contribution is 7.83. The van der Waals surface area contributed by atoms with Gasteiger partial charge in [-0.05, 0) is 49.6 Å². The lowest BCUT2D eigenvalue weighted by atomic mass is 10.0. The maximum Gasteiger partial charge on any atom is 0.232 e. The Balaban J connectivity index is 1.93. The summed E-state index contributed by atoms with van der Waals surface area (Å²) in [6.07, 6.45) is 0.687. The first kappa shape index (κ1) is 17.3. The van der Waals surface area contributed by atoms with E-state index >= 15 is 0 Å². The Bertz CT molecular complexity index is 762. The molecule has 0 aliphatic carbocycles. The number of carbonyl (C=O) groups is 1. The smallest absolute Gasteiger partial charge is 0.232 e. The molecule has 1 N–H and O–H groups in total. The van der Waals surface area contributed by atoms with Crippen molar-refractivity contribution in [3.8, 4) is 0 Å². The third-order valence-corrected chi connectivity index (χ3v) is 4.53. The van der Waals surface area contributed by atoms with Crippen molar-refractivity contribution in [2.75, 3.05) is 0 Å². The third-order valence-electron chi connectivity index (χ3n) is 3.43. The zero-order valence-corrected chi connectivity index (χ0v) is 13.7. The van der Waals surface area contributed by atoms with E-state index in [9.17, 15) is 17.8 Å². The van der Waals surface area contributed by atoms with Crippen LogP contribution < -0.4 is 4.72 Å². The highest BCUT2D eigenvalue weighted by Gasteiger charge is 2.12. The molecule has 122 valence electrons. The molecule has 0 radical (unpaired) electrons. The lowest BCUT2D eigenvalue weighted by molar-refractivity contribution is -0.119. The molecule has 0 spiro atoms. The van der Waals surface area contributed by atoms with Crippen molar-refractivity contribution in [1.29, 1.82) is 0 Å². The van der Waals surface area contributed by atoms with Gasteiger partial charge < -0.3 is 0 Å². The molecule has 0 fully saturated rings. The highest BCUT2D eigenvalue weighted by atomic mass is 32.2. The van der Waals surface area contributed by atoms with Gasteiger partial charge in [-0.2, -0.15) is 0 Å². The van der Waals surface area contributed by atoms with Crippen molar-refractivity contribution in [2.45, 2.75) is 31.6 Å². The van der Waals surface area contributed by atoms with Crippen LogP contribution in [-0.4, -0.2) is 10.1 Å². The van der Waals surface area contributed by atoms with E-state index in [1.54, 1.807) is 0 Å². The number of halogens is 2. The van der Waals surface area contributed by atoms with Crippen LogP contribution in [0.25, 0.3) is 0 Å². The molecule has 0 aliphatic heterocycles. The van der Waals surface area contributed by atoms with E-state index in [0.29, 0.717) is 6.42 Å². The molecular weight excluding hydrogens is 320 g/mol. The third kappa shape index (κ3) is 4.69. The Hall–Kier alpha value is -2.08. The number of amides is 1. The van der Waals surface area contributed by atoms with Crippen LogP contribution in [0, 0.1) is 25.5 Å². The molecule has 1 amide bonds. The van der Waals surface area contributed by atoms with Gasteiger partial charge in [-0.15, -0.1) is 0 Å². The molecule has 0 saturated carbocycles. The molecule has 2 aromatic rings. The predicted octanol–water partition coefficient (Wildman–Crippen LogP) is 3.35. The van der Waals surface area contributed by atoms with E-state index in [0.717, 1.165) is 28.8 Å². The molecule has 0 aromatic heterocycles. The summed E-state index contributed by atoms with van der Waals surface area (Å²) in [7, 11) is -1.91. The van der Waals surface area contributed by atoms with Crippen LogP contribution in [0.5, 0.6) is 0 Å². The molecule has 0 aliphatic rings. The highest BCUT2D eigenvalue weighted by Crippen LogP contribution is 2.14. The van der Waals surface area contributed by atoms with Crippen molar-refractivity contribution >= 4 is 16.9 Å². The van der Waals surface area contributed by atoms with Gasteiger partial charge in [-0.25, -0.2) is 13.0 Å². The number of nitrogens with one attached hydrogen (secondary N) is 1. The molecule has 2 rings (SSSR count). The Morgan fingerprint density at radius 1 is 1.09 bits per heavy atom. The zero-order valence-electron chi connectivity index (χ0n) is 12.9. The first-order chi connectivity index (χ1) is 10.9. The standard InChI is InChI=1S/C17H17F2NO2S/c1-11-3-4-13(12(2)9-11)5-8-17(21)20-23(22)14-6-7-15(18)16(19)10-14/h3-4,6-7,9-10H,5,8H2,1-2H3,(H,20,21). The van der Waals surface area contributed by atoms with Gasteiger partial charge in [0.1, 0.15) is 0 Å². The summed E-state index contributed by atoms with van der Waals surface area (Å²) in [5.74, 6) is -2.53. The van der Waals surface area contributed by atoms with Crippen LogP contribution in [0.1, 0.15) is 23.1 Å². The number of benzene rings is 2. The average molecular weight is 337 g/mol. The number of hydrogen-bond donors (Lipinski definition) is 1. The maximum atomic E-state index is 13.1. The summed E-state index contributed by atoms with van der Waals surface area (Å²) in [6, 6.07) is 8.84. The SMILES string of the molecule is Cc1ccc(CCC(=O)NS(=O)c2ccc(F)c(F)c2)c(C)c1. The molecule has 0 heterocycles. The minimum absolute atomic E-state index is 0.0174. The van der Waals surface area contributed by atoms with Crippen molar-refractivity contribution in [3.05, 3.63) is 64.7 Å². The molecular formula is C17H17F2NO2S. The summed E-state index contributed by atoms with van der Waals surface area (Å²) in [5.41, 5.74) is 3.29. The van der Waals surface area contributed by atoms with Crippen LogP contribution in [0.2, 0.25) is 0 Å². The van der Waals surface area contributed by atoms with Gasteiger partial charge in [0.25, 0.3) is 0 Å². The summed E-state index contributed by atoms with van der Waals surface area (Å²) in [4.78, 5) is 11.9. The zero-order chi connectivity index (χ0) is 17.0. The lowest BCUT2D eigenvalue weighted by Gasteiger charge is -2.08. The second-order valence-corrected chi connectivity index (χ2v) is 6.51. The number of carbonyl (C=O) groups excluding carboxylic acids is 1. The number of hydrogen-bond acceptors (Lipinski definition) is 2. The van der Waals surface area contributed by atoms with Gasteiger partial charge in [-0.1, -0.05) is 23.8 Å². The van der Waals surface area contributed by atoms with E-state index in [-0.39, 0.29) is 11.3 Å². The second kappa shape index (κ2) is 7.46. The lowest BCUT2D eigenvalue weighted by Crippen LogP contribution is -2.26. The summed E-state index contributed by atoms with van der Waals surface area (Å²) in [5, 5.41) is 0. The van der Waals surface area contributed by atoms with Crippen LogP contribution in [0.15, 0.2) is 41.3 Å². The molecule has 1 atom stereocenters. The van der Waals surface area contributed by atoms with E-state index < -0.39 is 28.5 Å². The number of rotatable bonds is 5. The van der Waals surface area contributed by atoms with E-state index in [4.69, 9.17) is 0 Å². The Kier molecular flexibility index (Phi) is 5.60. The van der Waals surface area contributed by atoms with Gasteiger partial charge in [0.2, 0.25) is 5.91 Å². The maximum absolute atomic E-state index is 13.1. The van der Waals surface area contributed by atoms with Gasteiger partial charge in [0.15, 0.2) is 22.6 Å². The fourth-order valence-electron chi connectivity index (χ4n) is 2.18. The topological polar surface area (TPSA) is 46.2 Å². The molecule has 23 heavy (non-hydrogen) atoms. The Morgan fingerprint density at radius 2 is 1.83 bits per heavy atom. The van der Waals surface area contributed by atoms with Crippen LogP contribution in [0.3, 0.4) is 0 Å². The summed E-state index contributed by atoms with van der Waals surface area (Å²) < 4.78 is 40.2. The predicted molar refractivity (Wildman–Crippen MR) is 85.1 cm³/mol. The van der Waals surface area contributed by atoms with Crippen LogP contribution in [0.4, 0.5) is 8.78 Å². The van der Waals surface area contributed by atoms with Crippen LogP contribution in [-0.2, 0) is 22.2 Å². The largest absolute Gasteiger partial charge is 0.274 e. The minimum atomic E-state index is -1.91. The average Bonchev–Trinajstić information content (AvgIpc) is 2.49. The molecule has 0 bridgehead atoms. The van der Waals surface area contributed by atoms with Gasteiger partial charge in [-0.3, -0.25) is 9.52 Å². The summed E-state index contributed by atoms with van der Waals surface area (Å²) >= 11 is 0. The van der Waals surface area contributed by atoms with Crippen molar-refractivity contribution < 1.29 is 17.8 Å². The quantitative estimate of drug-likeness (QED) is 0.909. The van der Waals surface area contributed by atoms with E-state index in [1.807, 2.05) is 32.0 Å². The molecule has 1 unspecified atom stereocenters. The fourth-order valence-corrected chi connectivity index (χ4v) is 3.01. The van der Waals surface area contributed by atoms with Gasteiger partial charge in [0, 0.05) is 6.42 Å². The van der Waals surface area contributed by atoms with Crippen molar-refractivity contribution in [2.24, 2.45) is 0 Å². The minimum Gasteiger partial charge on any atom is -0.274 e. The first-order valence-corrected chi connectivity index (χ1v) is 8.24. The molecule has 3 nitrogen and oxygen atoms in total. The van der Waals surface area contributed by atoms with E-state index in [2.05, 4.69) is 4.72 Å². The first-order valence-electron chi connectivity index (χ1n) is 7.09. The van der Waals surface area contributed by atoms with E-state index in [1.165, 1.54) is 6.07 Å². The molecule has 0 saturated heterocycles. The van der Waals surface area contributed by atoms with Crippen molar-refractivity contribution in [3.63, 3.8) is 0 Å². The summed E-state index contributed by atoms with van der Waals surface area (Å²) in [6.45, 7) is 3.97. The van der Waals surface area contributed by atoms with Crippen LogP contribution >= 0.6 is 0 Å².